The van der Waals surface area contributed by atoms with Gasteiger partial charge in [-0.3, -0.25) is 0 Å². The molecule has 4 heteroatoms. The molecule has 0 heterocycles. The predicted molar refractivity (Wildman–Crippen MR) is 83.5 cm³/mol. The summed E-state index contributed by atoms with van der Waals surface area (Å²) in [6.45, 7) is 6.18. The third kappa shape index (κ3) is 3.60. The number of nitrogens with one attached hydrogen (secondary N) is 1. The maximum absolute atomic E-state index is 14.4. The van der Waals surface area contributed by atoms with Crippen LogP contribution in [0.4, 0.5) is 8.78 Å². The summed E-state index contributed by atoms with van der Waals surface area (Å²) in [6, 6.07) is 8.14. The van der Waals surface area contributed by atoms with Gasteiger partial charge in [0.2, 0.25) is 0 Å². The second-order valence-corrected chi connectivity index (χ2v) is 5.83. The summed E-state index contributed by atoms with van der Waals surface area (Å²) in [5.74, 6) is -1.12. The molecule has 112 valence electrons. The Morgan fingerprint density at radius 1 is 1.14 bits per heavy atom. The molecule has 0 atom stereocenters. The summed E-state index contributed by atoms with van der Waals surface area (Å²) in [5, 5.41) is 3.71. The van der Waals surface area contributed by atoms with Gasteiger partial charge in [-0.25, -0.2) is 8.78 Å². The van der Waals surface area contributed by atoms with Gasteiger partial charge in [-0.1, -0.05) is 37.6 Å². The van der Waals surface area contributed by atoms with Crippen LogP contribution in [0.2, 0.25) is 5.02 Å². The van der Waals surface area contributed by atoms with Crippen molar-refractivity contribution in [3.63, 3.8) is 0 Å². The molecule has 0 fully saturated rings. The van der Waals surface area contributed by atoms with Crippen molar-refractivity contribution in [1.82, 2.24) is 5.32 Å². The van der Waals surface area contributed by atoms with E-state index in [2.05, 4.69) is 5.32 Å². The molecule has 1 N–H and O–H groups in total. The zero-order valence-corrected chi connectivity index (χ0v) is 13.1. The summed E-state index contributed by atoms with van der Waals surface area (Å²) in [5.41, 5.74) is 1.71. The first-order valence-electron chi connectivity index (χ1n) is 6.87. The van der Waals surface area contributed by atoms with Crippen molar-refractivity contribution in [2.24, 2.45) is 0 Å². The van der Waals surface area contributed by atoms with Crippen molar-refractivity contribution in [3.8, 4) is 11.1 Å². The van der Waals surface area contributed by atoms with E-state index < -0.39 is 11.6 Å². The molecule has 2 aromatic carbocycles. The Morgan fingerprint density at radius 3 is 2.52 bits per heavy atom. The highest BCUT2D eigenvalue weighted by molar-refractivity contribution is 6.30. The van der Waals surface area contributed by atoms with Crippen molar-refractivity contribution >= 4 is 11.6 Å². The molecule has 0 aliphatic carbocycles. The van der Waals surface area contributed by atoms with Crippen LogP contribution in [0.25, 0.3) is 11.1 Å². The van der Waals surface area contributed by atoms with Crippen LogP contribution in [0.5, 0.6) is 0 Å². The fourth-order valence-corrected chi connectivity index (χ4v) is 2.33. The minimum Gasteiger partial charge on any atom is -0.310 e. The molecule has 2 rings (SSSR count). The molecule has 21 heavy (non-hydrogen) atoms. The maximum Gasteiger partial charge on any atom is 0.136 e. The third-order valence-electron chi connectivity index (χ3n) is 3.33. The number of hydrogen-bond donors (Lipinski definition) is 1. The SMILES string of the molecule is Cc1ccc(F)c(-c2cc(Cl)ccc2CNC(C)C)c1F. The van der Waals surface area contributed by atoms with Crippen LogP contribution in [-0.4, -0.2) is 6.04 Å². The highest BCUT2D eigenvalue weighted by atomic mass is 35.5. The van der Waals surface area contributed by atoms with Crippen molar-refractivity contribution in [1.29, 1.82) is 0 Å². The van der Waals surface area contributed by atoms with Crippen molar-refractivity contribution < 1.29 is 8.78 Å². The van der Waals surface area contributed by atoms with E-state index in [9.17, 15) is 8.78 Å². The van der Waals surface area contributed by atoms with Gasteiger partial charge < -0.3 is 5.32 Å². The second-order valence-electron chi connectivity index (χ2n) is 5.39. The highest BCUT2D eigenvalue weighted by Crippen LogP contribution is 2.32. The highest BCUT2D eigenvalue weighted by Gasteiger charge is 2.17. The fraction of sp³-hybridized carbons (Fsp3) is 0.294. The first-order chi connectivity index (χ1) is 9.90. The first-order valence-corrected chi connectivity index (χ1v) is 7.24. The van der Waals surface area contributed by atoms with Gasteiger partial charge in [0.1, 0.15) is 11.6 Å². The van der Waals surface area contributed by atoms with E-state index in [1.807, 2.05) is 13.8 Å². The second kappa shape index (κ2) is 6.54. The monoisotopic (exact) mass is 309 g/mol. The average Bonchev–Trinajstić information content (AvgIpc) is 2.42. The van der Waals surface area contributed by atoms with Crippen molar-refractivity contribution in [3.05, 3.63) is 58.1 Å². The van der Waals surface area contributed by atoms with Crippen molar-refractivity contribution in [2.45, 2.75) is 33.4 Å². The summed E-state index contributed by atoms with van der Waals surface area (Å²) >= 11 is 6.01. The fourth-order valence-electron chi connectivity index (χ4n) is 2.15. The van der Waals surface area contributed by atoms with Crippen LogP contribution in [0.3, 0.4) is 0 Å². The molecular formula is C17H18ClF2N. The maximum atomic E-state index is 14.4. The smallest absolute Gasteiger partial charge is 0.136 e. The van der Waals surface area contributed by atoms with E-state index in [1.165, 1.54) is 12.1 Å². The van der Waals surface area contributed by atoms with Crippen LogP contribution >= 0.6 is 11.6 Å². The molecule has 0 aliphatic heterocycles. The number of benzene rings is 2. The normalized spacial score (nSPS) is 11.2. The van der Waals surface area contributed by atoms with E-state index in [0.717, 1.165) is 5.56 Å². The number of halogens is 3. The predicted octanol–water partition coefficient (Wildman–Crippen LogP) is 5.09. The van der Waals surface area contributed by atoms with Crippen LogP contribution in [0.15, 0.2) is 30.3 Å². The van der Waals surface area contributed by atoms with E-state index >= 15 is 0 Å². The minimum absolute atomic E-state index is 0.0157. The standard InChI is InChI=1S/C17H18ClF2N/c1-10(2)21-9-12-5-6-13(18)8-14(12)16-15(19)7-4-11(3)17(16)20/h4-8,10,21H,9H2,1-3H3. The molecule has 0 radical (unpaired) electrons. The Morgan fingerprint density at radius 2 is 1.86 bits per heavy atom. The topological polar surface area (TPSA) is 12.0 Å². The lowest BCUT2D eigenvalue weighted by Crippen LogP contribution is -2.22. The summed E-state index contributed by atoms with van der Waals surface area (Å²) in [4.78, 5) is 0. The lowest BCUT2D eigenvalue weighted by molar-refractivity contribution is 0.578. The molecule has 0 aliphatic rings. The van der Waals surface area contributed by atoms with E-state index in [4.69, 9.17) is 11.6 Å². The van der Waals surface area contributed by atoms with Gasteiger partial charge in [0.25, 0.3) is 0 Å². The van der Waals surface area contributed by atoms with Gasteiger partial charge in [0.05, 0.1) is 5.56 Å². The van der Waals surface area contributed by atoms with Crippen molar-refractivity contribution in [2.75, 3.05) is 0 Å². The first kappa shape index (κ1) is 15.9. The van der Waals surface area contributed by atoms with Crippen LogP contribution in [0.1, 0.15) is 25.0 Å². The van der Waals surface area contributed by atoms with Gasteiger partial charge in [0.15, 0.2) is 0 Å². The summed E-state index contributed by atoms with van der Waals surface area (Å²) < 4.78 is 28.5. The summed E-state index contributed by atoms with van der Waals surface area (Å²) in [7, 11) is 0. The molecule has 0 saturated carbocycles. The molecule has 0 spiro atoms. The van der Waals surface area contributed by atoms with Gasteiger partial charge in [0, 0.05) is 17.6 Å². The molecule has 0 saturated heterocycles. The Labute approximate surface area is 128 Å². The molecule has 0 unspecified atom stereocenters. The molecule has 0 amide bonds. The Bertz CT molecular complexity index is 653. The van der Waals surface area contributed by atoms with Gasteiger partial charge in [-0.15, -0.1) is 0 Å². The largest absolute Gasteiger partial charge is 0.310 e. The molecule has 0 bridgehead atoms. The van der Waals surface area contributed by atoms with E-state index in [1.54, 1.807) is 25.1 Å². The van der Waals surface area contributed by atoms with Gasteiger partial charge >= 0.3 is 0 Å². The average molecular weight is 310 g/mol. The molecule has 1 nitrogen and oxygen atoms in total. The minimum atomic E-state index is -0.578. The Balaban J connectivity index is 2.57. The molecule has 2 aromatic rings. The lowest BCUT2D eigenvalue weighted by atomic mass is 9.96. The summed E-state index contributed by atoms with van der Waals surface area (Å²) in [6.07, 6.45) is 0. The number of aryl methyl sites for hydroxylation is 1. The molecule has 0 aromatic heterocycles. The molecular weight excluding hydrogens is 292 g/mol. The quantitative estimate of drug-likeness (QED) is 0.829. The Kier molecular flexibility index (Phi) is 4.96. The van der Waals surface area contributed by atoms with Crippen LogP contribution in [-0.2, 0) is 6.54 Å². The zero-order valence-electron chi connectivity index (χ0n) is 12.3. The van der Waals surface area contributed by atoms with Crippen LogP contribution < -0.4 is 5.32 Å². The van der Waals surface area contributed by atoms with Crippen LogP contribution in [0, 0.1) is 18.6 Å². The number of rotatable bonds is 4. The van der Waals surface area contributed by atoms with Gasteiger partial charge in [-0.2, -0.15) is 0 Å². The third-order valence-corrected chi connectivity index (χ3v) is 3.56. The van der Waals surface area contributed by atoms with Gasteiger partial charge in [-0.05, 0) is 41.8 Å². The van der Waals surface area contributed by atoms with E-state index in [0.29, 0.717) is 22.7 Å². The van der Waals surface area contributed by atoms with E-state index in [-0.39, 0.29) is 11.6 Å². The Hall–Kier alpha value is -1.45. The number of hydrogen-bond acceptors (Lipinski definition) is 1. The zero-order chi connectivity index (χ0) is 15.6. The lowest BCUT2D eigenvalue weighted by Gasteiger charge is -2.15.